The van der Waals surface area contributed by atoms with Crippen molar-refractivity contribution in [1.29, 1.82) is 0 Å². The fourth-order valence-corrected chi connectivity index (χ4v) is 3.08. The van der Waals surface area contributed by atoms with Crippen molar-refractivity contribution in [3.8, 4) is 0 Å². The lowest BCUT2D eigenvalue weighted by molar-refractivity contribution is 0.588. The van der Waals surface area contributed by atoms with Crippen molar-refractivity contribution < 1.29 is 0 Å². The van der Waals surface area contributed by atoms with Gasteiger partial charge in [0.1, 0.15) is 5.82 Å². The van der Waals surface area contributed by atoms with Gasteiger partial charge in [-0.05, 0) is 17.7 Å². The highest BCUT2D eigenvalue weighted by Gasteiger charge is 2.15. The molecule has 0 atom stereocenters. The Morgan fingerprint density at radius 3 is 2.95 bits per heavy atom. The zero-order chi connectivity index (χ0) is 13.1. The summed E-state index contributed by atoms with van der Waals surface area (Å²) < 4.78 is 4.44. The van der Waals surface area contributed by atoms with Gasteiger partial charge in [0.2, 0.25) is 5.13 Å². The van der Waals surface area contributed by atoms with Crippen LogP contribution in [0.3, 0.4) is 0 Å². The van der Waals surface area contributed by atoms with E-state index in [2.05, 4.69) is 25.6 Å². The molecule has 1 saturated heterocycles. The molecule has 0 unspecified atom stereocenters. The zero-order valence-electron chi connectivity index (χ0n) is 10.5. The number of benzene rings is 1. The number of nitrogens with one attached hydrogen (secondary N) is 1. The molecule has 0 saturated carbocycles. The minimum Gasteiger partial charge on any atom is -0.344 e. The Labute approximate surface area is 121 Å². The number of hydrogen-bond donors (Lipinski definition) is 1. The highest BCUT2D eigenvalue weighted by atomic mass is 35.5. The maximum Gasteiger partial charge on any atom is 0.205 e. The Morgan fingerprint density at radius 1 is 1.32 bits per heavy atom. The fraction of sp³-hybridized carbons (Fsp3) is 0.385. The molecule has 1 aliphatic heterocycles. The molecule has 0 bridgehead atoms. The molecule has 0 aliphatic carbocycles. The molecule has 0 amide bonds. The third-order valence-electron chi connectivity index (χ3n) is 3.10. The van der Waals surface area contributed by atoms with Crippen molar-refractivity contribution >= 4 is 28.3 Å². The second-order valence-corrected chi connectivity index (χ2v) is 5.70. The van der Waals surface area contributed by atoms with Crippen LogP contribution < -0.4 is 10.2 Å². The lowest BCUT2D eigenvalue weighted by atomic mass is 10.1. The fourth-order valence-electron chi connectivity index (χ4n) is 2.13. The number of piperazine rings is 1. The minimum absolute atomic E-state index is 0.739. The van der Waals surface area contributed by atoms with Gasteiger partial charge in [0.15, 0.2) is 0 Å². The van der Waals surface area contributed by atoms with Gasteiger partial charge >= 0.3 is 0 Å². The van der Waals surface area contributed by atoms with E-state index >= 15 is 0 Å². The van der Waals surface area contributed by atoms with Gasteiger partial charge in [-0.3, -0.25) is 0 Å². The van der Waals surface area contributed by atoms with Gasteiger partial charge in [0.25, 0.3) is 0 Å². The van der Waals surface area contributed by atoms with Crippen molar-refractivity contribution in [3.63, 3.8) is 0 Å². The van der Waals surface area contributed by atoms with E-state index in [4.69, 9.17) is 11.6 Å². The van der Waals surface area contributed by atoms with Crippen LogP contribution in [0.1, 0.15) is 11.4 Å². The molecule has 19 heavy (non-hydrogen) atoms. The Kier molecular flexibility index (Phi) is 3.96. The van der Waals surface area contributed by atoms with Crippen molar-refractivity contribution in [2.75, 3.05) is 31.1 Å². The molecule has 4 nitrogen and oxygen atoms in total. The standard InChI is InChI=1S/C13H15ClN4S/c14-11-3-1-2-10(8-11)9-12-16-13(19-17-12)18-6-4-15-5-7-18/h1-3,8,15H,4-7,9H2. The van der Waals surface area contributed by atoms with Crippen molar-refractivity contribution in [2.24, 2.45) is 0 Å². The van der Waals surface area contributed by atoms with Gasteiger partial charge in [-0.1, -0.05) is 23.7 Å². The van der Waals surface area contributed by atoms with Crippen LogP contribution in [0.25, 0.3) is 0 Å². The molecule has 1 aromatic heterocycles. The summed E-state index contributed by atoms with van der Waals surface area (Å²) >= 11 is 7.47. The first-order valence-corrected chi connectivity index (χ1v) is 7.49. The van der Waals surface area contributed by atoms with E-state index in [0.717, 1.165) is 54.1 Å². The molecule has 100 valence electrons. The predicted molar refractivity (Wildman–Crippen MR) is 79.2 cm³/mol. The van der Waals surface area contributed by atoms with Gasteiger partial charge in [-0.15, -0.1) is 0 Å². The highest BCUT2D eigenvalue weighted by Crippen LogP contribution is 2.20. The molecule has 6 heteroatoms. The predicted octanol–water partition coefficient (Wildman–Crippen LogP) is 2.19. The topological polar surface area (TPSA) is 41.1 Å². The van der Waals surface area contributed by atoms with E-state index < -0.39 is 0 Å². The van der Waals surface area contributed by atoms with Gasteiger partial charge in [-0.25, -0.2) is 4.98 Å². The molecule has 0 radical (unpaired) electrons. The molecule has 1 N–H and O–H groups in total. The Balaban J connectivity index is 1.70. The van der Waals surface area contributed by atoms with Crippen molar-refractivity contribution in [2.45, 2.75) is 6.42 Å². The molecule has 0 spiro atoms. The summed E-state index contributed by atoms with van der Waals surface area (Å²) in [5.41, 5.74) is 1.15. The first-order chi connectivity index (χ1) is 9.31. The second-order valence-electron chi connectivity index (χ2n) is 4.54. The third-order valence-corrected chi connectivity index (χ3v) is 4.15. The normalized spacial score (nSPS) is 15.7. The van der Waals surface area contributed by atoms with Gasteiger partial charge < -0.3 is 10.2 Å². The molecular weight excluding hydrogens is 280 g/mol. The molecule has 2 aromatic rings. The Bertz CT molecular complexity index is 551. The first kappa shape index (κ1) is 12.8. The molecule has 1 aliphatic rings. The maximum absolute atomic E-state index is 5.98. The van der Waals surface area contributed by atoms with Crippen LogP contribution in [0.4, 0.5) is 5.13 Å². The van der Waals surface area contributed by atoms with Gasteiger partial charge in [-0.2, -0.15) is 4.37 Å². The Morgan fingerprint density at radius 2 is 2.16 bits per heavy atom. The summed E-state index contributed by atoms with van der Waals surface area (Å²) in [6.45, 7) is 4.05. The molecule has 1 fully saturated rings. The van der Waals surface area contributed by atoms with Crippen LogP contribution in [0.5, 0.6) is 0 Å². The summed E-state index contributed by atoms with van der Waals surface area (Å²) in [5, 5.41) is 5.12. The number of halogens is 1. The molecule has 1 aromatic carbocycles. The lowest BCUT2D eigenvalue weighted by Crippen LogP contribution is -2.43. The number of rotatable bonds is 3. The maximum atomic E-state index is 5.98. The van der Waals surface area contributed by atoms with Crippen LogP contribution in [0, 0.1) is 0 Å². The van der Waals surface area contributed by atoms with Crippen molar-refractivity contribution in [3.05, 3.63) is 40.7 Å². The molecule has 3 rings (SSSR count). The first-order valence-electron chi connectivity index (χ1n) is 6.34. The summed E-state index contributed by atoms with van der Waals surface area (Å²) in [6.07, 6.45) is 0.739. The van der Waals surface area contributed by atoms with E-state index in [1.807, 2.05) is 18.2 Å². The summed E-state index contributed by atoms with van der Waals surface area (Å²) in [7, 11) is 0. The van der Waals surface area contributed by atoms with E-state index in [9.17, 15) is 0 Å². The van der Waals surface area contributed by atoms with Crippen LogP contribution in [-0.4, -0.2) is 35.5 Å². The average molecular weight is 295 g/mol. The SMILES string of the molecule is Clc1cccc(Cc2nsc(N3CCNCC3)n2)c1. The quantitative estimate of drug-likeness (QED) is 0.942. The van der Waals surface area contributed by atoms with E-state index in [-0.39, 0.29) is 0 Å². The monoisotopic (exact) mass is 294 g/mol. The summed E-state index contributed by atoms with van der Waals surface area (Å²) in [6, 6.07) is 7.86. The van der Waals surface area contributed by atoms with E-state index in [1.54, 1.807) is 0 Å². The second kappa shape index (κ2) is 5.86. The summed E-state index contributed by atoms with van der Waals surface area (Å²) in [4.78, 5) is 6.91. The number of nitrogens with zero attached hydrogens (tertiary/aromatic N) is 3. The minimum atomic E-state index is 0.739. The number of aromatic nitrogens is 2. The third kappa shape index (κ3) is 3.23. The largest absolute Gasteiger partial charge is 0.344 e. The smallest absolute Gasteiger partial charge is 0.205 e. The Hall–Kier alpha value is -1.17. The van der Waals surface area contributed by atoms with Crippen molar-refractivity contribution in [1.82, 2.24) is 14.7 Å². The molecular formula is C13H15ClN4S. The van der Waals surface area contributed by atoms with Crippen LogP contribution in [-0.2, 0) is 6.42 Å². The zero-order valence-corrected chi connectivity index (χ0v) is 12.0. The number of hydrogen-bond acceptors (Lipinski definition) is 5. The van der Waals surface area contributed by atoms with Crippen LogP contribution >= 0.6 is 23.1 Å². The van der Waals surface area contributed by atoms with Gasteiger partial charge in [0, 0.05) is 49.2 Å². The van der Waals surface area contributed by atoms with E-state index in [1.165, 1.54) is 11.5 Å². The lowest BCUT2D eigenvalue weighted by Gasteiger charge is -2.26. The number of anilines is 1. The summed E-state index contributed by atoms with van der Waals surface area (Å²) in [5.74, 6) is 0.876. The van der Waals surface area contributed by atoms with Crippen LogP contribution in [0.15, 0.2) is 24.3 Å². The van der Waals surface area contributed by atoms with Crippen LogP contribution in [0.2, 0.25) is 5.02 Å². The average Bonchev–Trinajstić information content (AvgIpc) is 2.88. The van der Waals surface area contributed by atoms with Gasteiger partial charge in [0.05, 0.1) is 0 Å². The highest BCUT2D eigenvalue weighted by molar-refractivity contribution is 7.09. The van der Waals surface area contributed by atoms with E-state index in [0.29, 0.717) is 0 Å². The molecule has 2 heterocycles.